The standard InChI is InChI=1S/C12H17F2NO2S.C6H11NO.C2H2/c1-4-9(2)15(18(3,16)17)8-10-7-11(13)5-6-12(10)14;1-4-2-5(3-4)6(7)8;1-2/h5-7,9H,4,8H2,1-3H3;4-5H,2-3H2,1H3,(H2,7,8);1-2H/t9-;;/m0../s1. The van der Waals surface area contributed by atoms with Gasteiger partial charge >= 0.3 is 0 Å². The summed E-state index contributed by atoms with van der Waals surface area (Å²) < 4.78 is 51.0. The smallest absolute Gasteiger partial charge is 0.220 e. The molecule has 2 N–H and O–H groups in total. The first kappa shape index (κ1) is 26.0. The molecule has 0 bridgehead atoms. The van der Waals surface area contributed by atoms with E-state index in [9.17, 15) is 22.0 Å². The Morgan fingerprint density at radius 3 is 2.21 bits per heavy atom. The summed E-state index contributed by atoms with van der Waals surface area (Å²) in [5.41, 5.74) is 5.06. The van der Waals surface area contributed by atoms with Crippen LogP contribution in [0.1, 0.15) is 45.6 Å². The fraction of sp³-hybridized carbons (Fsp3) is 0.550. The summed E-state index contributed by atoms with van der Waals surface area (Å²) in [6, 6.07) is 2.77. The van der Waals surface area contributed by atoms with Gasteiger partial charge in [-0.3, -0.25) is 4.79 Å². The monoisotopic (exact) mass is 416 g/mol. The highest BCUT2D eigenvalue weighted by Crippen LogP contribution is 2.32. The molecule has 2 rings (SSSR count). The molecule has 0 saturated heterocycles. The minimum absolute atomic E-state index is 0.0423. The minimum atomic E-state index is -3.46. The van der Waals surface area contributed by atoms with Crippen LogP contribution in [0.2, 0.25) is 0 Å². The normalized spacial score (nSPS) is 19.3. The Kier molecular flexibility index (Phi) is 10.9. The Hall–Kier alpha value is -1.98. The average Bonchev–Trinajstić information content (AvgIpc) is 2.60. The molecule has 0 radical (unpaired) electrons. The highest BCUT2D eigenvalue weighted by atomic mass is 32.2. The predicted octanol–water partition coefficient (Wildman–Crippen LogP) is 3.29. The molecule has 1 amide bonds. The number of nitrogens with two attached hydrogens (primary N) is 1. The molecule has 0 aromatic heterocycles. The van der Waals surface area contributed by atoms with E-state index in [-0.39, 0.29) is 30.0 Å². The van der Waals surface area contributed by atoms with E-state index in [0.29, 0.717) is 6.42 Å². The predicted molar refractivity (Wildman–Crippen MR) is 107 cm³/mol. The SMILES string of the molecule is C#C.CC1CC(C(N)=O)C1.CC[C@H](C)N(Cc1cc(F)ccc1F)S(C)(=O)=O. The molecule has 1 aliphatic rings. The molecule has 0 unspecified atom stereocenters. The van der Waals surface area contributed by atoms with Crippen molar-refractivity contribution in [3.05, 3.63) is 35.4 Å². The largest absolute Gasteiger partial charge is 0.369 e. The number of carbonyl (C=O) groups is 1. The number of nitrogens with zero attached hydrogens (tertiary/aromatic N) is 1. The molecule has 1 aromatic rings. The highest BCUT2D eigenvalue weighted by molar-refractivity contribution is 7.88. The number of hydrogen-bond donors (Lipinski definition) is 1. The van der Waals surface area contributed by atoms with Crippen LogP contribution in [0.3, 0.4) is 0 Å². The maximum Gasteiger partial charge on any atom is 0.220 e. The fourth-order valence-corrected chi connectivity index (χ4v) is 3.95. The third-order valence-electron chi connectivity index (χ3n) is 4.62. The molecule has 1 aromatic carbocycles. The van der Waals surface area contributed by atoms with Gasteiger partial charge in [0.1, 0.15) is 11.6 Å². The molecular formula is C20H30F2N2O3S. The van der Waals surface area contributed by atoms with Gasteiger partial charge in [0.05, 0.1) is 6.26 Å². The molecule has 1 aliphatic carbocycles. The lowest BCUT2D eigenvalue weighted by Gasteiger charge is -2.29. The van der Waals surface area contributed by atoms with Crippen LogP contribution >= 0.6 is 0 Å². The van der Waals surface area contributed by atoms with Crippen molar-refractivity contribution in [2.24, 2.45) is 17.6 Å². The van der Waals surface area contributed by atoms with Crippen molar-refractivity contribution in [1.82, 2.24) is 4.31 Å². The van der Waals surface area contributed by atoms with Gasteiger partial charge < -0.3 is 5.73 Å². The molecule has 0 heterocycles. The second-order valence-corrected chi connectivity index (χ2v) is 8.91. The molecule has 1 atom stereocenters. The number of rotatable bonds is 6. The van der Waals surface area contributed by atoms with E-state index in [1.54, 1.807) is 6.92 Å². The Balaban J connectivity index is 0.000000604. The number of amides is 1. The van der Waals surface area contributed by atoms with E-state index >= 15 is 0 Å². The minimum Gasteiger partial charge on any atom is -0.369 e. The van der Waals surface area contributed by atoms with Crippen molar-refractivity contribution in [1.29, 1.82) is 0 Å². The molecule has 1 fully saturated rings. The van der Waals surface area contributed by atoms with E-state index in [2.05, 4.69) is 19.8 Å². The Labute approximate surface area is 167 Å². The summed E-state index contributed by atoms with van der Waals surface area (Å²) >= 11 is 0. The van der Waals surface area contributed by atoms with Gasteiger partial charge in [-0.25, -0.2) is 17.2 Å². The molecule has 1 saturated carbocycles. The third-order valence-corrected chi connectivity index (χ3v) is 5.96. The zero-order chi connectivity index (χ0) is 22.1. The molecule has 28 heavy (non-hydrogen) atoms. The zero-order valence-electron chi connectivity index (χ0n) is 16.9. The van der Waals surface area contributed by atoms with Gasteiger partial charge in [0.25, 0.3) is 0 Å². The Morgan fingerprint density at radius 1 is 1.32 bits per heavy atom. The Bertz CT molecular complexity index is 760. The van der Waals surface area contributed by atoms with Gasteiger partial charge in [-0.1, -0.05) is 13.8 Å². The summed E-state index contributed by atoms with van der Waals surface area (Å²) in [4.78, 5) is 10.3. The van der Waals surface area contributed by atoms with Crippen molar-refractivity contribution in [3.63, 3.8) is 0 Å². The highest BCUT2D eigenvalue weighted by Gasteiger charge is 2.29. The lowest BCUT2D eigenvalue weighted by molar-refractivity contribution is -0.125. The summed E-state index contributed by atoms with van der Waals surface area (Å²) in [5.74, 6) is -0.377. The first-order chi connectivity index (χ1) is 13.0. The van der Waals surface area contributed by atoms with Gasteiger partial charge in [-0.05, 0) is 50.3 Å². The van der Waals surface area contributed by atoms with Crippen LogP contribution in [0.15, 0.2) is 18.2 Å². The van der Waals surface area contributed by atoms with Crippen molar-refractivity contribution in [3.8, 4) is 12.8 Å². The topological polar surface area (TPSA) is 80.5 Å². The van der Waals surface area contributed by atoms with E-state index in [0.717, 1.165) is 43.2 Å². The van der Waals surface area contributed by atoms with E-state index in [4.69, 9.17) is 5.73 Å². The molecule has 0 aliphatic heterocycles. The van der Waals surface area contributed by atoms with E-state index in [1.807, 2.05) is 6.92 Å². The van der Waals surface area contributed by atoms with Gasteiger partial charge in [-0.2, -0.15) is 4.31 Å². The summed E-state index contributed by atoms with van der Waals surface area (Å²) in [6.45, 7) is 5.56. The number of sulfonamides is 1. The molecular weight excluding hydrogens is 386 g/mol. The summed E-state index contributed by atoms with van der Waals surface area (Å²) in [6.07, 6.45) is 11.7. The quantitative estimate of drug-likeness (QED) is 0.723. The van der Waals surface area contributed by atoms with Gasteiger partial charge in [-0.15, -0.1) is 12.8 Å². The maximum atomic E-state index is 13.5. The zero-order valence-corrected chi connectivity index (χ0v) is 17.7. The Morgan fingerprint density at radius 2 is 1.86 bits per heavy atom. The van der Waals surface area contributed by atoms with Crippen molar-refractivity contribution >= 4 is 15.9 Å². The van der Waals surface area contributed by atoms with Crippen LogP contribution in [-0.2, 0) is 21.4 Å². The lowest BCUT2D eigenvalue weighted by Crippen LogP contribution is -2.37. The second-order valence-electron chi connectivity index (χ2n) is 6.98. The number of benzene rings is 1. The number of primary amides is 1. The molecule has 158 valence electrons. The van der Waals surface area contributed by atoms with Crippen LogP contribution in [0, 0.1) is 36.3 Å². The number of hydrogen-bond acceptors (Lipinski definition) is 3. The van der Waals surface area contributed by atoms with Crippen molar-refractivity contribution < 1.29 is 22.0 Å². The van der Waals surface area contributed by atoms with Gasteiger partial charge in [0, 0.05) is 24.1 Å². The third kappa shape index (κ3) is 8.36. The first-order valence-corrected chi connectivity index (χ1v) is 10.8. The van der Waals surface area contributed by atoms with E-state index in [1.165, 1.54) is 4.31 Å². The fourth-order valence-electron chi connectivity index (χ4n) is 2.77. The number of halogens is 2. The number of carbonyl (C=O) groups excluding carboxylic acids is 1. The first-order valence-electron chi connectivity index (χ1n) is 8.99. The van der Waals surface area contributed by atoms with Crippen molar-refractivity contribution in [2.45, 2.75) is 52.6 Å². The van der Waals surface area contributed by atoms with Crippen LogP contribution < -0.4 is 5.73 Å². The number of terminal acetylenes is 1. The molecule has 5 nitrogen and oxygen atoms in total. The van der Waals surface area contributed by atoms with Crippen molar-refractivity contribution in [2.75, 3.05) is 6.26 Å². The maximum absolute atomic E-state index is 13.5. The summed E-state index contributed by atoms with van der Waals surface area (Å²) in [7, 11) is -3.46. The van der Waals surface area contributed by atoms with Crippen LogP contribution in [0.4, 0.5) is 8.78 Å². The second kappa shape index (κ2) is 11.8. The average molecular weight is 417 g/mol. The summed E-state index contributed by atoms with van der Waals surface area (Å²) in [5, 5.41) is 0. The van der Waals surface area contributed by atoms with Gasteiger partial charge in [0.2, 0.25) is 15.9 Å². The van der Waals surface area contributed by atoms with Gasteiger partial charge in [0.15, 0.2) is 0 Å². The van der Waals surface area contributed by atoms with Crippen LogP contribution in [0.5, 0.6) is 0 Å². The lowest BCUT2D eigenvalue weighted by atomic mass is 9.76. The molecule has 8 heteroatoms. The molecule has 0 spiro atoms. The van der Waals surface area contributed by atoms with Crippen LogP contribution in [-0.4, -0.2) is 30.9 Å². The van der Waals surface area contributed by atoms with E-state index < -0.39 is 21.7 Å². The van der Waals surface area contributed by atoms with Crippen LogP contribution in [0.25, 0.3) is 0 Å².